The highest BCUT2D eigenvalue weighted by Crippen LogP contribution is 2.36. The largest absolute Gasteiger partial charge is 0.381 e. The molecule has 1 aliphatic rings. The molecule has 0 spiro atoms. The van der Waals surface area contributed by atoms with Gasteiger partial charge in [0.25, 0.3) is 0 Å². The Morgan fingerprint density at radius 3 is 2.62 bits per heavy atom. The van der Waals surface area contributed by atoms with Gasteiger partial charge >= 0.3 is 0 Å². The summed E-state index contributed by atoms with van der Waals surface area (Å²) in [5.74, 6) is -0.0218. The third-order valence-electron chi connectivity index (χ3n) is 3.97. The van der Waals surface area contributed by atoms with Crippen molar-refractivity contribution in [2.24, 2.45) is 0 Å². The molecule has 0 radical (unpaired) electrons. The molecule has 1 fully saturated rings. The zero-order chi connectivity index (χ0) is 14.7. The summed E-state index contributed by atoms with van der Waals surface area (Å²) < 4.78 is 5.45. The molecule has 2 heterocycles. The van der Waals surface area contributed by atoms with Gasteiger partial charge in [-0.15, -0.1) is 10.2 Å². The van der Waals surface area contributed by atoms with E-state index in [0.717, 1.165) is 5.56 Å². The van der Waals surface area contributed by atoms with Gasteiger partial charge < -0.3 is 4.74 Å². The normalized spacial score (nSPS) is 17.4. The average Bonchev–Trinajstić information content (AvgIpc) is 3.01. The van der Waals surface area contributed by atoms with E-state index in [1.165, 1.54) is 16.9 Å². The lowest BCUT2D eigenvalue weighted by Crippen LogP contribution is -2.44. The Hall–Kier alpha value is -1.79. The second kappa shape index (κ2) is 5.91. The predicted octanol–water partition coefficient (Wildman–Crippen LogP) is 2.53. The van der Waals surface area contributed by atoms with Crippen molar-refractivity contribution in [1.29, 1.82) is 0 Å². The first-order chi connectivity index (χ1) is 10.2. The summed E-state index contributed by atoms with van der Waals surface area (Å²) in [5.41, 5.74) is 3.29. The number of aryl methyl sites for hydroxylation is 1. The number of nitrogens with one attached hydrogen (secondary N) is 1. The van der Waals surface area contributed by atoms with E-state index >= 15 is 0 Å². The number of anilines is 1. The van der Waals surface area contributed by atoms with E-state index in [-0.39, 0.29) is 5.91 Å². The third kappa shape index (κ3) is 2.82. The van der Waals surface area contributed by atoms with E-state index in [9.17, 15) is 4.79 Å². The van der Waals surface area contributed by atoms with Crippen LogP contribution >= 0.6 is 11.3 Å². The van der Waals surface area contributed by atoms with Crippen LogP contribution in [0.4, 0.5) is 5.13 Å². The molecule has 0 atom stereocenters. The molecule has 0 unspecified atom stereocenters. The molecule has 0 saturated carbocycles. The van der Waals surface area contributed by atoms with Crippen LogP contribution in [0.3, 0.4) is 0 Å². The fourth-order valence-corrected chi connectivity index (χ4v) is 3.12. The minimum absolute atomic E-state index is 0.0218. The van der Waals surface area contributed by atoms with E-state index in [4.69, 9.17) is 4.74 Å². The molecule has 2 aromatic rings. The highest BCUT2D eigenvalue weighted by molar-refractivity contribution is 7.13. The maximum Gasteiger partial charge on any atom is 0.237 e. The van der Waals surface area contributed by atoms with Crippen LogP contribution in [-0.2, 0) is 14.9 Å². The van der Waals surface area contributed by atoms with Crippen LogP contribution in [0.15, 0.2) is 29.8 Å². The molecule has 1 N–H and O–H groups in total. The topological polar surface area (TPSA) is 64.1 Å². The number of rotatable bonds is 3. The fourth-order valence-electron chi connectivity index (χ4n) is 2.68. The Bertz CT molecular complexity index is 604. The van der Waals surface area contributed by atoms with Crippen LogP contribution in [0.1, 0.15) is 24.0 Å². The van der Waals surface area contributed by atoms with E-state index in [1.54, 1.807) is 5.51 Å². The lowest BCUT2D eigenvalue weighted by molar-refractivity contribution is -0.125. The summed E-state index contributed by atoms with van der Waals surface area (Å²) >= 11 is 1.33. The summed E-state index contributed by atoms with van der Waals surface area (Å²) in [4.78, 5) is 12.8. The van der Waals surface area contributed by atoms with Gasteiger partial charge in [-0.1, -0.05) is 41.2 Å². The van der Waals surface area contributed by atoms with Crippen LogP contribution in [0, 0.1) is 6.92 Å². The average molecular weight is 303 g/mol. The number of carbonyl (C=O) groups is 1. The fraction of sp³-hybridized carbons (Fsp3) is 0.400. The SMILES string of the molecule is Cc1ccc(C2(C(=O)Nc3nncs3)CCOCC2)cc1. The Balaban J connectivity index is 1.92. The molecular weight excluding hydrogens is 286 g/mol. The number of aromatic nitrogens is 2. The van der Waals surface area contributed by atoms with Gasteiger partial charge in [0.05, 0.1) is 5.41 Å². The second-order valence-electron chi connectivity index (χ2n) is 5.26. The minimum Gasteiger partial charge on any atom is -0.381 e. The molecule has 5 nitrogen and oxygen atoms in total. The Labute approximate surface area is 127 Å². The van der Waals surface area contributed by atoms with E-state index in [0.29, 0.717) is 31.2 Å². The molecule has 110 valence electrons. The predicted molar refractivity (Wildman–Crippen MR) is 81.4 cm³/mol. The molecule has 0 aliphatic carbocycles. The lowest BCUT2D eigenvalue weighted by atomic mass is 9.73. The van der Waals surface area contributed by atoms with Gasteiger partial charge in [-0.2, -0.15) is 0 Å². The van der Waals surface area contributed by atoms with Crippen molar-refractivity contribution in [2.45, 2.75) is 25.2 Å². The number of nitrogens with zero attached hydrogens (tertiary/aromatic N) is 2. The van der Waals surface area contributed by atoms with E-state index in [2.05, 4.69) is 15.5 Å². The Morgan fingerprint density at radius 1 is 1.29 bits per heavy atom. The number of carbonyl (C=O) groups excluding carboxylic acids is 1. The standard InChI is InChI=1S/C15H17N3O2S/c1-11-2-4-12(5-3-11)15(6-8-20-9-7-15)13(19)17-14-18-16-10-21-14/h2-5,10H,6-9H2,1H3,(H,17,18,19). The molecule has 3 rings (SSSR count). The summed E-state index contributed by atoms with van der Waals surface area (Å²) in [6, 6.07) is 8.18. The Morgan fingerprint density at radius 2 is 2.00 bits per heavy atom. The molecule has 1 aromatic carbocycles. The molecule has 0 bridgehead atoms. The maximum absolute atomic E-state index is 12.8. The summed E-state index contributed by atoms with van der Waals surface area (Å²) in [7, 11) is 0. The minimum atomic E-state index is -0.544. The van der Waals surface area contributed by atoms with Crippen molar-refractivity contribution < 1.29 is 9.53 Å². The van der Waals surface area contributed by atoms with Crippen molar-refractivity contribution in [3.63, 3.8) is 0 Å². The third-order valence-corrected chi connectivity index (χ3v) is 4.57. The highest BCUT2D eigenvalue weighted by atomic mass is 32.1. The van der Waals surface area contributed by atoms with Gasteiger partial charge in [0.1, 0.15) is 5.51 Å². The quantitative estimate of drug-likeness (QED) is 0.946. The van der Waals surface area contributed by atoms with Crippen molar-refractivity contribution >= 4 is 22.4 Å². The van der Waals surface area contributed by atoms with Crippen molar-refractivity contribution in [3.05, 3.63) is 40.9 Å². The molecular formula is C15H17N3O2S. The number of benzene rings is 1. The second-order valence-corrected chi connectivity index (χ2v) is 6.09. The Kier molecular flexibility index (Phi) is 3.98. The number of hydrogen-bond acceptors (Lipinski definition) is 5. The van der Waals surface area contributed by atoms with Gasteiger partial charge in [-0.05, 0) is 25.3 Å². The van der Waals surface area contributed by atoms with Gasteiger partial charge in [-0.25, -0.2) is 0 Å². The van der Waals surface area contributed by atoms with Crippen LogP contribution in [0.25, 0.3) is 0 Å². The van der Waals surface area contributed by atoms with Crippen molar-refractivity contribution in [3.8, 4) is 0 Å². The molecule has 1 amide bonds. The molecule has 1 saturated heterocycles. The van der Waals surface area contributed by atoms with E-state index in [1.807, 2.05) is 31.2 Å². The number of amides is 1. The first kappa shape index (κ1) is 14.2. The van der Waals surface area contributed by atoms with Gasteiger partial charge in [-0.3, -0.25) is 10.1 Å². The first-order valence-corrected chi connectivity index (χ1v) is 7.81. The van der Waals surface area contributed by atoms with E-state index < -0.39 is 5.41 Å². The monoisotopic (exact) mass is 303 g/mol. The molecule has 21 heavy (non-hydrogen) atoms. The van der Waals surface area contributed by atoms with Crippen LogP contribution in [0.5, 0.6) is 0 Å². The first-order valence-electron chi connectivity index (χ1n) is 6.93. The zero-order valence-electron chi connectivity index (χ0n) is 11.8. The highest BCUT2D eigenvalue weighted by Gasteiger charge is 2.42. The number of ether oxygens (including phenoxy) is 1. The van der Waals surface area contributed by atoms with Crippen molar-refractivity contribution in [1.82, 2.24) is 10.2 Å². The van der Waals surface area contributed by atoms with Crippen LogP contribution < -0.4 is 5.32 Å². The molecule has 1 aliphatic heterocycles. The van der Waals surface area contributed by atoms with Crippen LogP contribution in [-0.4, -0.2) is 29.3 Å². The smallest absolute Gasteiger partial charge is 0.237 e. The summed E-state index contributed by atoms with van der Waals surface area (Å²) in [6.45, 7) is 3.23. The summed E-state index contributed by atoms with van der Waals surface area (Å²) in [5, 5.41) is 11.1. The van der Waals surface area contributed by atoms with Crippen molar-refractivity contribution in [2.75, 3.05) is 18.5 Å². The molecule has 6 heteroatoms. The number of hydrogen-bond donors (Lipinski definition) is 1. The van der Waals surface area contributed by atoms with Gasteiger partial charge in [0.15, 0.2) is 0 Å². The lowest BCUT2D eigenvalue weighted by Gasteiger charge is -2.36. The maximum atomic E-state index is 12.8. The summed E-state index contributed by atoms with van der Waals surface area (Å²) in [6.07, 6.45) is 1.36. The van der Waals surface area contributed by atoms with Gasteiger partial charge in [0.2, 0.25) is 11.0 Å². The molecule has 1 aromatic heterocycles. The van der Waals surface area contributed by atoms with Gasteiger partial charge in [0, 0.05) is 13.2 Å². The van der Waals surface area contributed by atoms with Crippen LogP contribution in [0.2, 0.25) is 0 Å². The zero-order valence-corrected chi connectivity index (χ0v) is 12.7.